The molecule has 2 saturated heterocycles. The average Bonchev–Trinajstić information content (AvgIpc) is 2.89. The molecule has 39 heavy (non-hydrogen) atoms. The first-order valence-corrected chi connectivity index (χ1v) is 14.4. The van der Waals surface area contributed by atoms with E-state index < -0.39 is 5.60 Å². The van der Waals surface area contributed by atoms with Gasteiger partial charge in [0.05, 0.1) is 11.9 Å². The van der Waals surface area contributed by atoms with E-state index in [4.69, 9.17) is 4.74 Å². The summed E-state index contributed by atoms with van der Waals surface area (Å²) in [6.45, 7) is 9.30. The number of imide groups is 1. The summed E-state index contributed by atoms with van der Waals surface area (Å²) < 4.78 is 5.41. The summed E-state index contributed by atoms with van der Waals surface area (Å²) in [4.78, 5) is 44.9. The first-order valence-electron chi connectivity index (χ1n) is 14.4. The number of anilines is 1. The summed E-state index contributed by atoms with van der Waals surface area (Å²) in [5, 5.41) is 7.56. The van der Waals surface area contributed by atoms with Crippen molar-refractivity contribution in [3.8, 4) is 0 Å². The Kier molecular flexibility index (Phi) is 8.07. The molecule has 0 unspecified atom stereocenters. The zero-order valence-corrected chi connectivity index (χ0v) is 23.4. The molecule has 2 aromatic rings. The Morgan fingerprint density at radius 2 is 1.77 bits per heavy atom. The normalized spacial score (nSPS) is 23.5. The fourth-order valence-electron chi connectivity index (χ4n) is 6.32. The van der Waals surface area contributed by atoms with Crippen LogP contribution in [0.5, 0.6) is 0 Å². The fraction of sp³-hybridized carbons (Fsp3) is 0.600. The molecule has 3 aliphatic rings. The van der Waals surface area contributed by atoms with Crippen molar-refractivity contribution in [1.29, 1.82) is 0 Å². The summed E-state index contributed by atoms with van der Waals surface area (Å²) in [5.74, 6) is 0.889. The van der Waals surface area contributed by atoms with Gasteiger partial charge in [-0.3, -0.25) is 20.0 Å². The van der Waals surface area contributed by atoms with Crippen molar-refractivity contribution in [3.63, 3.8) is 0 Å². The molecule has 2 aliphatic heterocycles. The number of carbonyl (C=O) groups excluding carboxylic acids is 3. The number of ether oxygens (including phenoxy) is 1. The highest BCUT2D eigenvalue weighted by atomic mass is 16.6. The minimum Gasteiger partial charge on any atom is -0.444 e. The summed E-state index contributed by atoms with van der Waals surface area (Å²) in [7, 11) is 0. The highest BCUT2D eigenvalue weighted by molar-refractivity contribution is 6.10. The quantitative estimate of drug-likeness (QED) is 0.562. The number of urea groups is 1. The van der Waals surface area contributed by atoms with Crippen LogP contribution < -0.4 is 15.5 Å². The van der Waals surface area contributed by atoms with E-state index >= 15 is 0 Å². The maximum atomic E-state index is 12.5. The number of benzene rings is 1. The molecule has 3 heterocycles. The van der Waals surface area contributed by atoms with Crippen LogP contribution in [-0.2, 0) is 9.53 Å². The zero-order chi connectivity index (χ0) is 27.6. The smallest absolute Gasteiger partial charge is 0.407 e. The van der Waals surface area contributed by atoms with Gasteiger partial charge in [-0.2, -0.15) is 0 Å². The first kappa shape index (κ1) is 27.4. The molecule has 2 N–H and O–H groups in total. The van der Waals surface area contributed by atoms with Gasteiger partial charge in [0.2, 0.25) is 5.91 Å². The van der Waals surface area contributed by atoms with Crippen molar-refractivity contribution in [2.75, 3.05) is 31.1 Å². The van der Waals surface area contributed by atoms with Gasteiger partial charge in [0.1, 0.15) is 5.60 Å². The lowest BCUT2D eigenvalue weighted by Gasteiger charge is -2.37. The topological polar surface area (TPSA) is 104 Å². The highest BCUT2D eigenvalue weighted by Gasteiger charge is 2.29. The Bertz CT molecular complexity index is 1210. The molecule has 1 aromatic carbocycles. The maximum absolute atomic E-state index is 12.5. The number of nitrogens with one attached hydrogen (secondary N) is 2. The molecule has 3 fully saturated rings. The summed E-state index contributed by atoms with van der Waals surface area (Å²) in [6, 6.07) is 6.15. The summed E-state index contributed by atoms with van der Waals surface area (Å²) in [6.07, 6.45) is 10.1. The Morgan fingerprint density at radius 3 is 2.46 bits per heavy atom. The second kappa shape index (κ2) is 11.5. The summed E-state index contributed by atoms with van der Waals surface area (Å²) in [5.41, 5.74) is 1.58. The zero-order valence-electron chi connectivity index (χ0n) is 23.4. The number of hydrogen-bond donors (Lipinski definition) is 2. The van der Waals surface area contributed by atoms with E-state index in [0.717, 1.165) is 74.6 Å². The third-order valence-electron chi connectivity index (χ3n) is 8.27. The van der Waals surface area contributed by atoms with Crippen molar-refractivity contribution in [1.82, 2.24) is 20.5 Å². The molecule has 0 radical (unpaired) electrons. The number of carbonyl (C=O) groups is 3. The van der Waals surface area contributed by atoms with Crippen LogP contribution in [0, 0.1) is 5.92 Å². The van der Waals surface area contributed by atoms with Crippen molar-refractivity contribution in [2.45, 2.75) is 83.3 Å². The number of aromatic nitrogens is 1. The van der Waals surface area contributed by atoms with Crippen molar-refractivity contribution in [3.05, 3.63) is 36.2 Å². The van der Waals surface area contributed by atoms with Crippen LogP contribution in [0.2, 0.25) is 0 Å². The maximum Gasteiger partial charge on any atom is 0.407 e. The summed E-state index contributed by atoms with van der Waals surface area (Å²) >= 11 is 0. The van der Waals surface area contributed by atoms with E-state index in [2.05, 4.69) is 32.7 Å². The van der Waals surface area contributed by atoms with Gasteiger partial charge in [-0.1, -0.05) is 18.2 Å². The van der Waals surface area contributed by atoms with Gasteiger partial charge < -0.3 is 15.0 Å². The van der Waals surface area contributed by atoms with Gasteiger partial charge >= 0.3 is 12.1 Å². The molecular formula is C30H41N5O4. The molecule has 4 amide bonds. The van der Waals surface area contributed by atoms with E-state index in [1.165, 1.54) is 5.56 Å². The third-order valence-corrected chi connectivity index (χ3v) is 8.27. The molecule has 0 bridgehead atoms. The van der Waals surface area contributed by atoms with Gasteiger partial charge in [-0.25, -0.2) is 9.59 Å². The molecule has 210 valence electrons. The molecule has 0 atom stereocenters. The Labute approximate surface area is 230 Å². The predicted octanol–water partition coefficient (Wildman–Crippen LogP) is 4.94. The van der Waals surface area contributed by atoms with Gasteiger partial charge in [-0.05, 0) is 89.8 Å². The van der Waals surface area contributed by atoms with Gasteiger partial charge in [0.25, 0.3) is 0 Å². The molecule has 0 spiro atoms. The molecule has 9 heteroatoms. The monoisotopic (exact) mass is 535 g/mol. The van der Waals surface area contributed by atoms with E-state index in [9.17, 15) is 14.4 Å². The van der Waals surface area contributed by atoms with Gasteiger partial charge in [-0.15, -0.1) is 0 Å². The molecular weight excluding hydrogens is 494 g/mol. The van der Waals surface area contributed by atoms with Gasteiger partial charge in [0.15, 0.2) is 0 Å². The fourth-order valence-corrected chi connectivity index (χ4v) is 6.32. The SMILES string of the molecule is CC(C)(C)OC(=O)NC1CCC(CN2CCC(c3cccc4c(N5CCC(=O)NC5=O)cncc34)CC2)CC1. The Balaban J connectivity index is 1.15. The minimum absolute atomic E-state index is 0.211. The second-order valence-corrected chi connectivity index (χ2v) is 12.3. The van der Waals surface area contributed by atoms with Gasteiger partial charge in [0, 0.05) is 42.5 Å². The van der Waals surface area contributed by atoms with Crippen LogP contribution in [0.4, 0.5) is 15.3 Å². The highest BCUT2D eigenvalue weighted by Crippen LogP contribution is 2.37. The predicted molar refractivity (Wildman–Crippen MR) is 151 cm³/mol. The van der Waals surface area contributed by atoms with Crippen LogP contribution in [-0.4, -0.2) is 65.7 Å². The Morgan fingerprint density at radius 1 is 1.03 bits per heavy atom. The van der Waals surface area contributed by atoms with E-state index in [0.29, 0.717) is 24.8 Å². The lowest BCUT2D eigenvalue weighted by atomic mass is 9.84. The molecule has 1 saturated carbocycles. The van der Waals surface area contributed by atoms with Crippen LogP contribution in [0.15, 0.2) is 30.6 Å². The molecule has 9 nitrogen and oxygen atoms in total. The average molecular weight is 536 g/mol. The number of hydrogen-bond acceptors (Lipinski definition) is 6. The van der Waals surface area contributed by atoms with Crippen molar-refractivity contribution >= 4 is 34.5 Å². The number of piperidine rings is 1. The van der Waals surface area contributed by atoms with Crippen LogP contribution >= 0.6 is 0 Å². The van der Waals surface area contributed by atoms with Crippen LogP contribution in [0.3, 0.4) is 0 Å². The number of likely N-dealkylation sites (tertiary alicyclic amines) is 1. The van der Waals surface area contributed by atoms with E-state index in [1.807, 2.05) is 33.0 Å². The number of pyridine rings is 1. The number of fused-ring (bicyclic) bond motifs is 1. The lowest BCUT2D eigenvalue weighted by Crippen LogP contribution is -2.49. The van der Waals surface area contributed by atoms with E-state index in [1.54, 1.807) is 11.1 Å². The number of alkyl carbamates (subject to hydrolysis) is 1. The minimum atomic E-state index is -0.469. The standard InChI is InChI=1S/C30H41N5O4/c1-30(2,3)39-29(38)32-22-9-7-20(8-10-22)19-34-14-11-21(12-15-34)23-5-4-6-24-25(23)17-31-18-26(24)35-16-13-27(36)33-28(35)37/h4-6,17-18,20-22H,7-16,19H2,1-3H3,(H,32,38)(H,33,36,37). The molecule has 5 rings (SSSR count). The van der Waals surface area contributed by atoms with Crippen molar-refractivity contribution < 1.29 is 19.1 Å². The van der Waals surface area contributed by atoms with Crippen LogP contribution in [0.1, 0.15) is 77.2 Å². The molecule has 1 aromatic heterocycles. The number of amides is 4. The van der Waals surface area contributed by atoms with Crippen molar-refractivity contribution in [2.24, 2.45) is 5.92 Å². The second-order valence-electron chi connectivity index (χ2n) is 12.3. The lowest BCUT2D eigenvalue weighted by molar-refractivity contribution is -0.120. The van der Waals surface area contributed by atoms with E-state index in [-0.39, 0.29) is 24.1 Å². The third kappa shape index (κ3) is 6.69. The first-order chi connectivity index (χ1) is 18.7. The Hall–Kier alpha value is -3.20. The largest absolute Gasteiger partial charge is 0.444 e. The number of rotatable bonds is 5. The molecule has 1 aliphatic carbocycles. The number of nitrogens with zero attached hydrogens (tertiary/aromatic N) is 3. The van der Waals surface area contributed by atoms with Crippen LogP contribution in [0.25, 0.3) is 10.8 Å².